The second kappa shape index (κ2) is 13.4. The van der Waals surface area contributed by atoms with Crippen molar-refractivity contribution >= 4 is 23.3 Å². The fourth-order valence-corrected chi connectivity index (χ4v) is 12.5. The minimum absolute atomic E-state index is 0.00535. The molecule has 0 aromatic heterocycles. The van der Waals surface area contributed by atoms with Crippen molar-refractivity contribution in [1.82, 2.24) is 4.90 Å². The molecule has 4 fully saturated rings. The maximum atomic E-state index is 12.9. The normalized spacial score (nSPS) is 40.3. The Kier molecular flexibility index (Phi) is 9.58. The molecule has 0 spiro atoms. The van der Waals surface area contributed by atoms with Crippen LogP contribution >= 0.6 is 0 Å². The number of nitrogens with zero attached hydrogens (tertiary/aromatic N) is 1. The zero-order chi connectivity index (χ0) is 39.1. The van der Waals surface area contributed by atoms with Gasteiger partial charge in [-0.2, -0.15) is 0 Å². The number of piperidine rings is 1. The number of aliphatic hydroxyl groups excluding tert-OH is 1. The summed E-state index contributed by atoms with van der Waals surface area (Å²) in [5.74, 6) is 0.608. The van der Waals surface area contributed by atoms with Gasteiger partial charge >= 0.3 is 5.97 Å². The molecule has 1 heterocycles. The molecule has 292 valence electrons. The Labute approximate surface area is 317 Å². The second-order valence-electron chi connectivity index (χ2n) is 17.5. The van der Waals surface area contributed by atoms with E-state index in [2.05, 4.69) is 25.8 Å². The summed E-state index contributed by atoms with van der Waals surface area (Å²) in [6.45, 7) is 7.86. The third kappa shape index (κ3) is 5.54. The Morgan fingerprint density at radius 3 is 2.52 bits per heavy atom. The number of likely N-dealkylation sites (N-methyl/N-ethyl adjacent to an activating group) is 1. The number of esters is 1. The first-order valence-corrected chi connectivity index (χ1v) is 19.4. The van der Waals surface area contributed by atoms with Gasteiger partial charge in [-0.15, -0.1) is 0 Å². The van der Waals surface area contributed by atoms with Crippen molar-refractivity contribution in [3.63, 3.8) is 0 Å². The van der Waals surface area contributed by atoms with Crippen molar-refractivity contribution in [2.45, 2.75) is 95.8 Å². The highest BCUT2D eigenvalue weighted by Crippen LogP contribution is 2.68. The predicted molar refractivity (Wildman–Crippen MR) is 198 cm³/mol. The molecule has 1 aromatic rings. The third-order valence-corrected chi connectivity index (χ3v) is 15.0. The Bertz CT molecular complexity index is 1870. The summed E-state index contributed by atoms with van der Waals surface area (Å²) in [4.78, 5) is 51.1. The summed E-state index contributed by atoms with van der Waals surface area (Å²) in [6.07, 6.45) is 10.8. The lowest BCUT2D eigenvalue weighted by Crippen LogP contribution is -2.62. The van der Waals surface area contributed by atoms with Crippen LogP contribution < -0.4 is 4.74 Å². The monoisotopic (exact) mass is 745 g/mol. The fraction of sp³-hybridized carbons (Fsp3) is 0.628. The summed E-state index contributed by atoms with van der Waals surface area (Å²) < 4.78 is 15.5. The van der Waals surface area contributed by atoms with Crippen LogP contribution in [0.3, 0.4) is 0 Å². The van der Waals surface area contributed by atoms with E-state index in [4.69, 9.17) is 14.2 Å². The molecule has 3 saturated carbocycles. The van der Waals surface area contributed by atoms with E-state index in [0.717, 1.165) is 42.5 Å². The molecule has 0 unspecified atom stereocenters. The maximum Gasteiger partial charge on any atom is 0.303 e. The number of phenolic OH excluding ortho intramolecular Hbond substituents is 1. The number of aromatic hydroxyl groups is 1. The third-order valence-electron chi connectivity index (χ3n) is 15.0. The molecule has 6 aliphatic carbocycles. The maximum absolute atomic E-state index is 12.9. The van der Waals surface area contributed by atoms with Crippen molar-refractivity contribution in [3.05, 3.63) is 58.9 Å². The van der Waals surface area contributed by atoms with E-state index in [1.807, 2.05) is 31.2 Å². The highest BCUT2D eigenvalue weighted by atomic mass is 16.5. The number of rotatable bonds is 5. The molecule has 1 aromatic carbocycles. The van der Waals surface area contributed by atoms with Crippen LogP contribution in [0.2, 0.25) is 0 Å². The number of ketones is 3. The van der Waals surface area contributed by atoms with Gasteiger partial charge in [-0.3, -0.25) is 19.2 Å². The van der Waals surface area contributed by atoms with Crippen molar-refractivity contribution in [3.8, 4) is 11.5 Å². The van der Waals surface area contributed by atoms with Crippen LogP contribution in [0.25, 0.3) is 0 Å². The van der Waals surface area contributed by atoms with Crippen LogP contribution in [-0.4, -0.2) is 95.7 Å². The molecule has 11 atom stereocenters. The number of ether oxygens (including phenoxy) is 3. The van der Waals surface area contributed by atoms with E-state index in [-0.39, 0.29) is 52.3 Å². The highest BCUT2D eigenvalue weighted by Gasteiger charge is 2.68. The van der Waals surface area contributed by atoms with Crippen molar-refractivity contribution in [1.29, 1.82) is 0 Å². The molecule has 54 heavy (non-hydrogen) atoms. The standard InChI is InChI=1S/C24H32O6.C19H23NO4/c1-13-9-16-17-6-8-24(29,20(28)12-30-14(2)25)23(17,4)11-19(27)21(16)22(3)7-5-15(26)10-18(13)22;1-20-7-6-19-10-14(21)16(24-3)9-12(19)13(20)8-11-4-5-15(23-2)18(22)17(11)19/h5,7,10,13,16-17,19,21,27,29H,6,8-9,11-12H2,1-4H3;4-5,9,12-13,22H,6-8,10H2,1-3H3/t13-,16-,17-,19-,21+,22-,23-,24-;12-,13+,19-/m01/s1. The van der Waals surface area contributed by atoms with E-state index in [1.54, 1.807) is 26.4 Å². The fourth-order valence-electron chi connectivity index (χ4n) is 12.5. The smallest absolute Gasteiger partial charge is 0.303 e. The second-order valence-corrected chi connectivity index (χ2v) is 17.5. The molecular formula is C43H55NO10. The summed E-state index contributed by atoms with van der Waals surface area (Å²) >= 11 is 0. The van der Waals surface area contributed by atoms with Gasteiger partial charge in [0, 0.05) is 53.0 Å². The van der Waals surface area contributed by atoms with Gasteiger partial charge in [0.15, 0.2) is 35.4 Å². The SMILES string of the molecule is CC(=O)OCC(=O)[C@@]1(O)CC[C@H]2[C@@H]3C[C@H](C)C4=CC(=O)C=C[C@]4(C)[C@H]3[C@@H](O)C[C@@]21C.COC1=C[C@@H]2[C@@H]3Cc4ccc(OC)c(O)c4[C@]2(CCN3C)CC1=O. The van der Waals surface area contributed by atoms with Gasteiger partial charge in [0.1, 0.15) is 5.60 Å². The molecule has 11 heteroatoms. The van der Waals surface area contributed by atoms with Gasteiger partial charge in [-0.25, -0.2) is 0 Å². The quantitative estimate of drug-likeness (QED) is 0.367. The van der Waals surface area contributed by atoms with Gasteiger partial charge in [0.2, 0.25) is 5.78 Å². The lowest BCUT2D eigenvalue weighted by molar-refractivity contribution is -0.182. The van der Waals surface area contributed by atoms with Gasteiger partial charge in [-0.1, -0.05) is 38.5 Å². The van der Waals surface area contributed by atoms with Crippen LogP contribution in [0, 0.1) is 40.4 Å². The zero-order valence-electron chi connectivity index (χ0n) is 32.5. The van der Waals surface area contributed by atoms with E-state index in [0.29, 0.717) is 43.2 Å². The summed E-state index contributed by atoms with van der Waals surface area (Å²) in [6, 6.07) is 4.18. The average Bonchev–Trinajstić information content (AvgIpc) is 3.39. The molecule has 0 amide bonds. The van der Waals surface area contributed by atoms with E-state index >= 15 is 0 Å². The van der Waals surface area contributed by atoms with E-state index in [9.17, 15) is 34.5 Å². The number of methoxy groups -OCH3 is 2. The first-order chi connectivity index (χ1) is 25.5. The van der Waals surface area contributed by atoms with E-state index in [1.165, 1.54) is 6.92 Å². The number of carbonyl (C=O) groups is 4. The number of phenols is 1. The summed E-state index contributed by atoms with van der Waals surface area (Å²) in [5.41, 5.74) is -0.0344. The minimum atomic E-state index is -1.61. The summed E-state index contributed by atoms with van der Waals surface area (Å²) in [7, 11) is 5.25. The van der Waals surface area contributed by atoms with Crippen molar-refractivity contribution in [2.75, 3.05) is 34.4 Å². The number of benzene rings is 1. The first-order valence-electron chi connectivity index (χ1n) is 19.4. The number of hydrogen-bond donors (Lipinski definition) is 3. The molecule has 2 bridgehead atoms. The van der Waals surface area contributed by atoms with Crippen LogP contribution in [0.5, 0.6) is 11.5 Å². The van der Waals surface area contributed by atoms with Gasteiger partial charge < -0.3 is 34.4 Å². The van der Waals surface area contributed by atoms with Crippen LogP contribution in [0.15, 0.2) is 47.8 Å². The topological polar surface area (TPSA) is 160 Å². The Balaban J connectivity index is 0.000000171. The van der Waals surface area contributed by atoms with Crippen molar-refractivity contribution in [2.24, 2.45) is 40.4 Å². The number of Topliss-reactive ketones (excluding diaryl/α,β-unsaturated/α-hetero) is 2. The molecule has 7 aliphatic rings. The number of aliphatic hydroxyl groups is 2. The molecule has 11 nitrogen and oxygen atoms in total. The Hall–Kier alpha value is -3.80. The number of fused-ring (bicyclic) bond motifs is 6. The number of hydrogen-bond acceptors (Lipinski definition) is 11. The van der Waals surface area contributed by atoms with Gasteiger partial charge in [0.25, 0.3) is 0 Å². The average molecular weight is 746 g/mol. The van der Waals surface area contributed by atoms with Gasteiger partial charge in [-0.05, 0) is 99.7 Å². The van der Waals surface area contributed by atoms with Crippen LogP contribution in [-0.2, 0) is 40.5 Å². The molecule has 3 N–H and O–H groups in total. The predicted octanol–water partition coefficient (Wildman–Crippen LogP) is 4.39. The molecule has 8 rings (SSSR count). The van der Waals surface area contributed by atoms with Crippen molar-refractivity contribution < 1.29 is 48.7 Å². The largest absolute Gasteiger partial charge is 0.504 e. The van der Waals surface area contributed by atoms with E-state index < -0.39 is 40.9 Å². The highest BCUT2D eigenvalue weighted by molar-refractivity contribution is 6.01. The lowest BCUT2D eigenvalue weighted by Gasteiger charge is -2.60. The first kappa shape index (κ1) is 38.5. The molecule has 1 aliphatic heterocycles. The zero-order valence-corrected chi connectivity index (χ0v) is 32.5. The number of likely N-dealkylation sites (tertiary alicyclic amines) is 1. The Morgan fingerprint density at radius 1 is 1.09 bits per heavy atom. The number of allylic oxidation sites excluding steroid dienone is 5. The molecular weight excluding hydrogens is 690 g/mol. The lowest BCUT2D eigenvalue weighted by atomic mass is 9.45. The minimum Gasteiger partial charge on any atom is -0.504 e. The van der Waals surface area contributed by atoms with Gasteiger partial charge in [0.05, 0.1) is 20.3 Å². The molecule has 1 saturated heterocycles. The summed E-state index contributed by atoms with van der Waals surface area (Å²) in [5, 5.41) is 33.7. The Morgan fingerprint density at radius 2 is 1.83 bits per heavy atom. The van der Waals surface area contributed by atoms with Crippen LogP contribution in [0.1, 0.15) is 77.3 Å². The number of carbonyl (C=O) groups excluding carboxylic acids is 4. The molecule has 0 radical (unpaired) electrons. The van der Waals surface area contributed by atoms with Crippen LogP contribution in [0.4, 0.5) is 0 Å².